The molecule has 0 aromatic heterocycles. The molecule has 8 nitrogen and oxygen atoms in total. The summed E-state index contributed by atoms with van der Waals surface area (Å²) in [5, 5.41) is 16.1. The van der Waals surface area contributed by atoms with Gasteiger partial charge in [0.15, 0.2) is 5.84 Å². The number of carbonyl (C=O) groups is 1. The topological polar surface area (TPSA) is 96.6 Å². The highest BCUT2D eigenvalue weighted by Crippen LogP contribution is 2.32. The van der Waals surface area contributed by atoms with Gasteiger partial charge in [-0.1, -0.05) is 74.7 Å². The van der Waals surface area contributed by atoms with Gasteiger partial charge in [0, 0.05) is 10.0 Å². The molecule has 0 spiro atoms. The third kappa shape index (κ3) is 9.96. The van der Waals surface area contributed by atoms with Gasteiger partial charge >= 0.3 is 0 Å². The fourth-order valence-electron chi connectivity index (χ4n) is 4.59. The van der Waals surface area contributed by atoms with Gasteiger partial charge in [0.05, 0.1) is 12.2 Å². The number of benzene rings is 2. The van der Waals surface area contributed by atoms with Crippen LogP contribution in [-0.4, -0.2) is 46.8 Å². The van der Waals surface area contributed by atoms with Crippen molar-refractivity contribution in [2.45, 2.75) is 78.1 Å². The van der Waals surface area contributed by atoms with Crippen LogP contribution in [0.3, 0.4) is 0 Å². The van der Waals surface area contributed by atoms with E-state index in [2.05, 4.69) is 39.9 Å². The molecular formula is C33H41BrN4O4S. The van der Waals surface area contributed by atoms with Gasteiger partial charge < -0.3 is 14.2 Å². The molecule has 0 aliphatic carbocycles. The average molecular weight is 670 g/mol. The number of carbonyl (C=O) groups excluding carboxylic acids is 1. The molecule has 4 rings (SSSR count). The van der Waals surface area contributed by atoms with Crippen LogP contribution in [0.15, 0.2) is 62.6 Å². The first-order chi connectivity index (χ1) is 21.0. The second-order valence-corrected chi connectivity index (χ2v) is 12.4. The lowest BCUT2D eigenvalue weighted by atomic mass is 10.1. The molecule has 2 aliphatic rings. The minimum atomic E-state index is -0.453. The van der Waals surface area contributed by atoms with Crippen LogP contribution < -0.4 is 14.2 Å². The van der Waals surface area contributed by atoms with Gasteiger partial charge in [0.1, 0.15) is 35.5 Å². The Hall–Kier alpha value is -3.11. The third-order valence-electron chi connectivity index (χ3n) is 6.96. The van der Waals surface area contributed by atoms with Gasteiger partial charge in [-0.2, -0.15) is 15.1 Å². The van der Waals surface area contributed by atoms with Gasteiger partial charge in [-0.25, -0.2) is 0 Å². The first-order valence-electron chi connectivity index (χ1n) is 15.3. The highest BCUT2D eigenvalue weighted by atomic mass is 79.9. The monoisotopic (exact) mass is 668 g/mol. The Morgan fingerprint density at radius 3 is 2.23 bits per heavy atom. The van der Waals surface area contributed by atoms with Crippen molar-refractivity contribution in [3.8, 4) is 17.2 Å². The lowest BCUT2D eigenvalue weighted by Crippen LogP contribution is -2.35. The summed E-state index contributed by atoms with van der Waals surface area (Å²) in [4.78, 5) is 17.2. The smallest absolute Gasteiger partial charge is 0.283 e. The number of nitrogens with one attached hydrogen (secondary N) is 1. The van der Waals surface area contributed by atoms with E-state index in [1.165, 1.54) is 55.3 Å². The molecule has 2 heterocycles. The van der Waals surface area contributed by atoms with Gasteiger partial charge in [-0.15, -0.1) is 0 Å². The number of hydrazone groups is 1. The Kier molecular flexibility index (Phi) is 13.2. The molecule has 0 bridgehead atoms. The number of hydrogen-bond acceptors (Lipinski definition) is 7. The number of unbranched alkanes of at least 4 members (excludes halogenated alkanes) is 7. The standard InChI is InChI=1S/C33H41BrN4O4S/c1-3-5-7-9-10-12-30-37-38-31(35)28(32(39)36-33(38)43-30)23-24-22-25(34)13-18-29(24)42-21-20-41-27-16-14-26(15-17-27)40-19-11-8-6-4-2/h13-18,22-23,35H,3-12,19-21H2,1-2H3/b28-23+,35-31?. The van der Waals surface area contributed by atoms with E-state index in [0.29, 0.717) is 29.7 Å². The second kappa shape index (κ2) is 17.3. The zero-order valence-corrected chi connectivity index (χ0v) is 27.5. The van der Waals surface area contributed by atoms with Crippen LogP contribution in [0.2, 0.25) is 0 Å². The molecule has 43 heavy (non-hydrogen) atoms. The molecule has 1 amide bonds. The predicted octanol–water partition coefficient (Wildman–Crippen LogP) is 8.85. The summed E-state index contributed by atoms with van der Waals surface area (Å²) in [5.41, 5.74) is 0.831. The lowest BCUT2D eigenvalue weighted by molar-refractivity contribution is -0.114. The number of hydrogen-bond donors (Lipinski definition) is 1. The molecular weight excluding hydrogens is 628 g/mol. The Morgan fingerprint density at radius 1 is 0.860 bits per heavy atom. The summed E-state index contributed by atoms with van der Waals surface area (Å²) in [6.45, 7) is 5.77. The molecule has 230 valence electrons. The van der Waals surface area contributed by atoms with Crippen molar-refractivity contribution in [3.63, 3.8) is 0 Å². The minimum absolute atomic E-state index is 0.0196. The number of amides is 1. The van der Waals surface area contributed by atoms with Crippen LogP contribution in [0.5, 0.6) is 17.2 Å². The van der Waals surface area contributed by atoms with Crippen molar-refractivity contribution in [1.82, 2.24) is 5.01 Å². The number of thioether (sulfide) groups is 1. The molecule has 2 aliphatic heterocycles. The van der Waals surface area contributed by atoms with Crippen LogP contribution in [0.4, 0.5) is 0 Å². The summed E-state index contributed by atoms with van der Waals surface area (Å²) in [6.07, 6.45) is 13.0. The van der Waals surface area contributed by atoms with E-state index in [0.717, 1.165) is 53.3 Å². The number of fused-ring (bicyclic) bond motifs is 1. The molecule has 0 atom stereocenters. The maximum Gasteiger partial charge on any atom is 0.283 e. The molecule has 1 N–H and O–H groups in total. The molecule has 0 radical (unpaired) electrons. The second-order valence-electron chi connectivity index (χ2n) is 10.4. The summed E-state index contributed by atoms with van der Waals surface area (Å²) in [6, 6.07) is 13.2. The number of ether oxygens (including phenoxy) is 3. The Morgan fingerprint density at radius 2 is 1.51 bits per heavy atom. The van der Waals surface area contributed by atoms with Crippen molar-refractivity contribution in [2.75, 3.05) is 19.8 Å². The van der Waals surface area contributed by atoms with Gasteiger partial charge in [0.2, 0.25) is 5.17 Å². The lowest BCUT2D eigenvalue weighted by Gasteiger charge is -2.20. The fourth-order valence-corrected chi connectivity index (χ4v) is 5.90. The van der Waals surface area contributed by atoms with Crippen molar-refractivity contribution in [2.24, 2.45) is 10.1 Å². The number of amidine groups is 2. The van der Waals surface area contributed by atoms with Crippen molar-refractivity contribution in [1.29, 1.82) is 5.41 Å². The molecule has 0 fully saturated rings. The van der Waals surface area contributed by atoms with Crippen LogP contribution in [0.1, 0.15) is 83.6 Å². The zero-order valence-electron chi connectivity index (χ0n) is 25.1. The maximum atomic E-state index is 13.0. The van der Waals surface area contributed by atoms with E-state index >= 15 is 0 Å². The first kappa shape index (κ1) is 32.8. The van der Waals surface area contributed by atoms with Crippen LogP contribution in [0.25, 0.3) is 6.08 Å². The summed E-state index contributed by atoms with van der Waals surface area (Å²) in [5.74, 6) is 1.72. The van der Waals surface area contributed by atoms with Crippen molar-refractivity contribution >= 4 is 55.7 Å². The molecule has 0 saturated heterocycles. The molecule has 2 aromatic carbocycles. The van der Waals surface area contributed by atoms with Gasteiger partial charge in [-0.3, -0.25) is 10.2 Å². The average Bonchev–Trinajstić information content (AvgIpc) is 3.41. The zero-order chi connectivity index (χ0) is 30.4. The minimum Gasteiger partial charge on any atom is -0.494 e. The van der Waals surface area contributed by atoms with Gasteiger partial charge in [-0.05, 0) is 79.6 Å². The molecule has 0 saturated carbocycles. The van der Waals surface area contributed by atoms with E-state index in [-0.39, 0.29) is 11.4 Å². The van der Waals surface area contributed by atoms with Crippen molar-refractivity contribution in [3.05, 3.63) is 58.1 Å². The maximum absolute atomic E-state index is 13.0. The van der Waals surface area contributed by atoms with Gasteiger partial charge in [0.25, 0.3) is 5.91 Å². The highest BCUT2D eigenvalue weighted by Gasteiger charge is 2.35. The number of halogens is 1. The Labute approximate surface area is 267 Å². The van der Waals surface area contributed by atoms with E-state index in [4.69, 9.17) is 19.6 Å². The van der Waals surface area contributed by atoms with Crippen LogP contribution in [0, 0.1) is 5.41 Å². The van der Waals surface area contributed by atoms with Crippen LogP contribution >= 0.6 is 27.7 Å². The summed E-state index contributed by atoms with van der Waals surface area (Å²) < 4.78 is 18.5. The third-order valence-corrected chi connectivity index (χ3v) is 8.42. The number of aliphatic imine (C=N–C) groups is 1. The Balaban J connectivity index is 1.32. The predicted molar refractivity (Wildman–Crippen MR) is 180 cm³/mol. The molecule has 2 aromatic rings. The van der Waals surface area contributed by atoms with E-state index in [1.54, 1.807) is 6.08 Å². The molecule has 10 heteroatoms. The quantitative estimate of drug-likeness (QED) is 0.126. The largest absolute Gasteiger partial charge is 0.494 e. The summed E-state index contributed by atoms with van der Waals surface area (Å²) in [7, 11) is 0. The van der Waals surface area contributed by atoms with Crippen molar-refractivity contribution < 1.29 is 19.0 Å². The fraction of sp³-hybridized carbons (Fsp3) is 0.455. The molecule has 0 unspecified atom stereocenters. The highest BCUT2D eigenvalue weighted by molar-refractivity contribution is 9.10. The summed E-state index contributed by atoms with van der Waals surface area (Å²) >= 11 is 4.89. The van der Waals surface area contributed by atoms with Crippen LogP contribution in [-0.2, 0) is 4.79 Å². The Bertz CT molecular complexity index is 1340. The number of rotatable bonds is 18. The SMILES string of the molecule is CCCCCCCC1=NN2C(=N)/C(=C\c3cc(Br)ccc3OCCOc3ccc(OCCCCCC)cc3)C(=O)N=C2S1. The van der Waals surface area contributed by atoms with E-state index in [1.807, 2.05) is 42.5 Å². The first-order valence-corrected chi connectivity index (χ1v) is 16.9. The van der Waals surface area contributed by atoms with E-state index in [9.17, 15) is 4.79 Å². The number of nitrogens with zero attached hydrogens (tertiary/aromatic N) is 3. The van der Waals surface area contributed by atoms with E-state index < -0.39 is 5.91 Å². The normalized spacial score (nSPS) is 15.4.